The van der Waals surface area contributed by atoms with Crippen LogP contribution in [0.25, 0.3) is 0 Å². The zero-order valence-corrected chi connectivity index (χ0v) is 20.0. The van der Waals surface area contributed by atoms with Crippen LogP contribution >= 0.6 is 24.8 Å². The van der Waals surface area contributed by atoms with E-state index in [-0.39, 0.29) is 36.3 Å². The predicted octanol–water partition coefficient (Wildman–Crippen LogP) is 1.77. The first kappa shape index (κ1) is 24.5. The molecule has 0 saturated carbocycles. The van der Waals surface area contributed by atoms with Crippen LogP contribution in [0.3, 0.4) is 0 Å². The number of nitrogens with one attached hydrogen (secondary N) is 1. The molecule has 2 atom stereocenters. The topological polar surface area (TPSA) is 83.4 Å². The van der Waals surface area contributed by atoms with Gasteiger partial charge in [0.25, 0.3) is 11.5 Å². The molecular weight excluding hydrogens is 451 g/mol. The Labute approximate surface area is 200 Å². The first-order chi connectivity index (χ1) is 14.5. The summed E-state index contributed by atoms with van der Waals surface area (Å²) in [6.45, 7) is 8.98. The van der Waals surface area contributed by atoms with Gasteiger partial charge in [0.1, 0.15) is 11.4 Å². The molecule has 5 heterocycles. The third-order valence-electron chi connectivity index (χ3n) is 6.66. The van der Waals surface area contributed by atoms with Gasteiger partial charge in [0.2, 0.25) is 0 Å². The van der Waals surface area contributed by atoms with Crippen LogP contribution in [0.15, 0.2) is 23.1 Å². The van der Waals surface area contributed by atoms with Gasteiger partial charge < -0.3 is 19.7 Å². The number of piperazine rings is 1. The molecule has 2 bridgehead atoms. The van der Waals surface area contributed by atoms with E-state index in [2.05, 4.69) is 20.2 Å². The Kier molecular flexibility index (Phi) is 7.47. The molecule has 2 fully saturated rings. The average molecular weight is 481 g/mol. The van der Waals surface area contributed by atoms with Gasteiger partial charge in [-0.1, -0.05) is 0 Å². The average Bonchev–Trinajstić information content (AvgIpc) is 2.76. The van der Waals surface area contributed by atoms with Crippen molar-refractivity contribution in [1.82, 2.24) is 24.8 Å². The van der Waals surface area contributed by atoms with Crippen LogP contribution in [-0.4, -0.2) is 64.6 Å². The molecule has 3 aliphatic rings. The highest BCUT2D eigenvalue weighted by Gasteiger charge is 2.33. The number of hydrogen-bond acceptors (Lipinski definition) is 6. The number of hydrogen-bond donors (Lipinski definition) is 1. The molecule has 1 amide bonds. The van der Waals surface area contributed by atoms with Crippen LogP contribution in [0.4, 0.5) is 5.82 Å². The van der Waals surface area contributed by atoms with Crippen molar-refractivity contribution in [2.24, 2.45) is 5.92 Å². The maximum absolute atomic E-state index is 13.2. The van der Waals surface area contributed by atoms with Gasteiger partial charge in [-0.15, -0.1) is 24.8 Å². The predicted molar refractivity (Wildman–Crippen MR) is 129 cm³/mol. The number of fused-ring (bicyclic) bond motifs is 4. The Morgan fingerprint density at radius 1 is 1.09 bits per heavy atom. The lowest BCUT2D eigenvalue weighted by molar-refractivity contribution is 0.0743. The lowest BCUT2D eigenvalue weighted by Crippen LogP contribution is -2.51. The summed E-state index contributed by atoms with van der Waals surface area (Å²) in [4.78, 5) is 39.3. The standard InChI is InChI=1S/C22H28N6O2.2ClH/c1-14-10-24-15(2)20(25-14)26-5-7-27(8-6-26)21(29)18-3-4-19-17-9-16(11-23-12-17)13-28(19)22(18)30;;/h3-4,10,16-17,23H,5-9,11-13H2,1-2H3;2*1H/t16-,17+;;/m0../s1. The van der Waals surface area contributed by atoms with E-state index in [1.807, 2.05) is 24.5 Å². The van der Waals surface area contributed by atoms with E-state index in [1.54, 1.807) is 17.2 Å². The smallest absolute Gasteiger partial charge is 0.263 e. The Hall–Kier alpha value is -2.16. The minimum Gasteiger partial charge on any atom is -0.352 e. The van der Waals surface area contributed by atoms with Gasteiger partial charge in [-0.2, -0.15) is 0 Å². The van der Waals surface area contributed by atoms with E-state index >= 15 is 0 Å². The third kappa shape index (κ3) is 4.36. The van der Waals surface area contributed by atoms with Crippen LogP contribution < -0.4 is 15.8 Å². The molecule has 2 saturated heterocycles. The molecule has 174 valence electrons. The van der Waals surface area contributed by atoms with E-state index in [1.165, 1.54) is 0 Å². The molecule has 0 unspecified atom stereocenters. The first-order valence-electron chi connectivity index (χ1n) is 10.8. The second-order valence-electron chi connectivity index (χ2n) is 8.74. The molecule has 8 nitrogen and oxygen atoms in total. The number of aromatic nitrogens is 3. The fraction of sp³-hybridized carbons (Fsp3) is 0.545. The highest BCUT2D eigenvalue weighted by molar-refractivity contribution is 5.94. The van der Waals surface area contributed by atoms with Crippen molar-refractivity contribution in [3.8, 4) is 0 Å². The second-order valence-corrected chi connectivity index (χ2v) is 8.74. The Morgan fingerprint density at radius 3 is 2.59 bits per heavy atom. The maximum Gasteiger partial charge on any atom is 0.263 e. The van der Waals surface area contributed by atoms with Crippen molar-refractivity contribution in [2.45, 2.75) is 32.7 Å². The summed E-state index contributed by atoms with van der Waals surface area (Å²) in [7, 11) is 0. The maximum atomic E-state index is 13.2. The number of nitrogens with zero attached hydrogens (tertiary/aromatic N) is 5. The lowest BCUT2D eigenvalue weighted by Gasteiger charge is -2.38. The van der Waals surface area contributed by atoms with Gasteiger partial charge in [0, 0.05) is 57.1 Å². The fourth-order valence-corrected chi connectivity index (χ4v) is 5.07. The molecule has 0 aromatic carbocycles. The molecule has 0 spiro atoms. The molecule has 3 aliphatic heterocycles. The summed E-state index contributed by atoms with van der Waals surface area (Å²) in [5.74, 6) is 1.57. The minimum absolute atomic E-state index is 0. The van der Waals surface area contributed by atoms with E-state index in [0.29, 0.717) is 50.1 Å². The molecule has 32 heavy (non-hydrogen) atoms. The largest absolute Gasteiger partial charge is 0.352 e. The van der Waals surface area contributed by atoms with E-state index in [4.69, 9.17) is 0 Å². The van der Waals surface area contributed by atoms with Crippen LogP contribution in [0, 0.1) is 19.8 Å². The highest BCUT2D eigenvalue weighted by atomic mass is 35.5. The zero-order valence-electron chi connectivity index (χ0n) is 18.4. The number of pyridine rings is 1. The SMILES string of the molecule is Cc1cnc(C)c(N2CCN(C(=O)c3ccc4n(c3=O)C[C@@H]3CNC[C@H]4C3)CC2)n1.Cl.Cl. The van der Waals surface area contributed by atoms with Crippen molar-refractivity contribution in [2.75, 3.05) is 44.2 Å². The van der Waals surface area contributed by atoms with Gasteiger partial charge in [-0.25, -0.2) is 4.98 Å². The number of anilines is 1. The van der Waals surface area contributed by atoms with Crippen molar-refractivity contribution in [3.63, 3.8) is 0 Å². The molecule has 0 radical (unpaired) electrons. The van der Waals surface area contributed by atoms with Crippen molar-refractivity contribution >= 4 is 36.5 Å². The first-order valence-corrected chi connectivity index (χ1v) is 10.8. The van der Waals surface area contributed by atoms with Crippen molar-refractivity contribution in [1.29, 1.82) is 0 Å². The molecule has 2 aromatic heterocycles. The molecule has 5 rings (SSSR count). The minimum atomic E-state index is -0.157. The van der Waals surface area contributed by atoms with Gasteiger partial charge in [-0.05, 0) is 44.9 Å². The van der Waals surface area contributed by atoms with Crippen molar-refractivity contribution in [3.05, 3.63) is 51.3 Å². The van der Waals surface area contributed by atoms with Crippen LogP contribution in [0.2, 0.25) is 0 Å². The van der Waals surface area contributed by atoms with Gasteiger partial charge in [0.15, 0.2) is 0 Å². The summed E-state index contributed by atoms with van der Waals surface area (Å²) in [5, 5.41) is 3.46. The Balaban J connectivity index is 0.00000144. The summed E-state index contributed by atoms with van der Waals surface area (Å²) in [5.41, 5.74) is 3.02. The van der Waals surface area contributed by atoms with Crippen LogP contribution in [0.5, 0.6) is 0 Å². The van der Waals surface area contributed by atoms with Crippen molar-refractivity contribution < 1.29 is 4.79 Å². The number of carbonyl (C=O) groups excluding carboxylic acids is 1. The monoisotopic (exact) mass is 480 g/mol. The number of aryl methyl sites for hydroxylation is 2. The number of halogens is 2. The Morgan fingerprint density at radius 2 is 1.84 bits per heavy atom. The quantitative estimate of drug-likeness (QED) is 0.704. The highest BCUT2D eigenvalue weighted by Crippen LogP contribution is 2.31. The molecule has 10 heteroatoms. The van der Waals surface area contributed by atoms with E-state index < -0.39 is 0 Å². The normalized spacial score (nSPS) is 21.8. The number of amides is 1. The summed E-state index contributed by atoms with van der Waals surface area (Å²) >= 11 is 0. The van der Waals surface area contributed by atoms with Gasteiger partial charge in [-0.3, -0.25) is 14.6 Å². The fourth-order valence-electron chi connectivity index (χ4n) is 5.07. The lowest BCUT2D eigenvalue weighted by atomic mass is 9.84. The van der Waals surface area contributed by atoms with Gasteiger partial charge >= 0.3 is 0 Å². The summed E-state index contributed by atoms with van der Waals surface area (Å²) in [6, 6.07) is 3.73. The van der Waals surface area contributed by atoms with E-state index in [9.17, 15) is 9.59 Å². The zero-order chi connectivity index (χ0) is 20.8. The number of carbonyl (C=O) groups is 1. The molecule has 0 aliphatic carbocycles. The van der Waals surface area contributed by atoms with Crippen LogP contribution in [0.1, 0.15) is 39.8 Å². The second kappa shape index (κ2) is 9.77. The molecule has 1 N–H and O–H groups in total. The summed E-state index contributed by atoms with van der Waals surface area (Å²) < 4.78 is 1.86. The number of piperidine rings is 1. The Bertz CT molecular complexity index is 1050. The third-order valence-corrected chi connectivity index (χ3v) is 6.66. The molecular formula is C22H30Cl2N6O2. The van der Waals surface area contributed by atoms with Gasteiger partial charge in [0.05, 0.1) is 11.4 Å². The number of rotatable bonds is 2. The van der Waals surface area contributed by atoms with E-state index in [0.717, 1.165) is 42.4 Å². The molecule has 2 aromatic rings. The van der Waals surface area contributed by atoms with Crippen LogP contribution in [-0.2, 0) is 6.54 Å². The summed E-state index contributed by atoms with van der Waals surface area (Å²) in [6.07, 6.45) is 2.90.